The number of benzene rings is 3. The fourth-order valence-corrected chi connectivity index (χ4v) is 3.20. The van der Waals surface area contributed by atoms with Gasteiger partial charge in [0.25, 0.3) is 5.91 Å². The van der Waals surface area contributed by atoms with Crippen molar-refractivity contribution in [3.8, 4) is 0 Å². The van der Waals surface area contributed by atoms with Crippen LogP contribution in [0, 0.1) is 11.6 Å². The molecule has 3 rings (SSSR count). The van der Waals surface area contributed by atoms with Crippen LogP contribution in [0.4, 0.5) is 8.78 Å². The van der Waals surface area contributed by atoms with E-state index in [1.54, 1.807) is 0 Å². The standard InChI is InChI=1S/C26H26F2N2O3/c27-22-11-12-23(24(28)15-22)26(32)29-13-5-10-25(31)30-16-20-8-4-9-21(14-20)18-33-17-19-6-2-1-3-7-19/h1-4,6-9,11-12,14-15H,5,10,13,16-18H2,(H,29,32)(H,30,31). The number of nitrogens with one attached hydrogen (secondary N) is 2. The van der Waals surface area contributed by atoms with Gasteiger partial charge in [-0.25, -0.2) is 8.78 Å². The van der Waals surface area contributed by atoms with E-state index in [4.69, 9.17) is 4.74 Å². The number of rotatable bonds is 11. The summed E-state index contributed by atoms with van der Waals surface area (Å²) in [6, 6.07) is 20.5. The van der Waals surface area contributed by atoms with Crippen LogP contribution in [0.1, 0.15) is 39.9 Å². The lowest BCUT2D eigenvalue weighted by Crippen LogP contribution is -2.28. The lowest BCUT2D eigenvalue weighted by Gasteiger charge is -2.09. The maximum Gasteiger partial charge on any atom is 0.254 e. The molecule has 0 unspecified atom stereocenters. The number of ether oxygens (including phenoxy) is 1. The zero-order valence-electron chi connectivity index (χ0n) is 18.2. The largest absolute Gasteiger partial charge is 0.372 e. The van der Waals surface area contributed by atoms with Crippen molar-refractivity contribution in [2.45, 2.75) is 32.6 Å². The molecular formula is C26H26F2N2O3. The van der Waals surface area contributed by atoms with Crippen molar-refractivity contribution < 1.29 is 23.1 Å². The molecule has 0 radical (unpaired) electrons. The van der Waals surface area contributed by atoms with E-state index < -0.39 is 17.5 Å². The van der Waals surface area contributed by atoms with Crippen molar-refractivity contribution >= 4 is 11.8 Å². The van der Waals surface area contributed by atoms with E-state index in [0.717, 1.165) is 28.8 Å². The summed E-state index contributed by atoms with van der Waals surface area (Å²) in [5.41, 5.74) is 2.87. The molecule has 0 aromatic heterocycles. The van der Waals surface area contributed by atoms with Crippen LogP contribution < -0.4 is 10.6 Å². The SMILES string of the molecule is O=C(CCCNC(=O)c1ccc(F)cc1F)NCc1cccc(COCc2ccccc2)c1. The Morgan fingerprint density at radius 1 is 0.788 bits per heavy atom. The van der Waals surface area contributed by atoms with Crippen molar-refractivity contribution in [1.82, 2.24) is 10.6 Å². The summed E-state index contributed by atoms with van der Waals surface area (Å²) in [5, 5.41) is 5.38. The van der Waals surface area contributed by atoms with Crippen LogP contribution in [0.3, 0.4) is 0 Å². The van der Waals surface area contributed by atoms with Gasteiger partial charge in [0.15, 0.2) is 0 Å². The number of hydrogen-bond donors (Lipinski definition) is 2. The monoisotopic (exact) mass is 452 g/mol. The second-order valence-electron chi connectivity index (χ2n) is 7.56. The van der Waals surface area contributed by atoms with Crippen LogP contribution in [-0.2, 0) is 29.3 Å². The Bertz CT molecular complexity index is 1070. The summed E-state index contributed by atoms with van der Waals surface area (Å²) in [6.07, 6.45) is 0.611. The second kappa shape index (κ2) is 12.5. The van der Waals surface area contributed by atoms with Crippen LogP contribution in [0.5, 0.6) is 0 Å². The van der Waals surface area contributed by atoms with E-state index >= 15 is 0 Å². The molecule has 0 aliphatic rings. The maximum atomic E-state index is 13.6. The van der Waals surface area contributed by atoms with Gasteiger partial charge in [-0.2, -0.15) is 0 Å². The van der Waals surface area contributed by atoms with Crippen LogP contribution in [0.2, 0.25) is 0 Å². The minimum absolute atomic E-state index is 0.150. The predicted octanol–water partition coefficient (Wildman–Crippen LogP) is 4.51. The molecule has 3 aromatic carbocycles. The molecule has 33 heavy (non-hydrogen) atoms. The van der Waals surface area contributed by atoms with Crippen molar-refractivity contribution in [3.05, 3.63) is 107 Å². The fraction of sp³-hybridized carbons (Fsp3) is 0.231. The maximum absolute atomic E-state index is 13.6. The number of hydrogen-bond acceptors (Lipinski definition) is 3. The highest BCUT2D eigenvalue weighted by atomic mass is 19.1. The second-order valence-corrected chi connectivity index (χ2v) is 7.56. The zero-order chi connectivity index (χ0) is 23.5. The van der Waals surface area contributed by atoms with Crippen molar-refractivity contribution in [1.29, 1.82) is 0 Å². The Morgan fingerprint density at radius 3 is 2.30 bits per heavy atom. The van der Waals surface area contributed by atoms with Crippen molar-refractivity contribution in [2.75, 3.05) is 6.54 Å². The number of halogens is 2. The Hall–Kier alpha value is -3.58. The molecule has 0 saturated heterocycles. The van der Waals surface area contributed by atoms with Gasteiger partial charge in [-0.3, -0.25) is 9.59 Å². The number of amides is 2. The van der Waals surface area contributed by atoms with Gasteiger partial charge < -0.3 is 15.4 Å². The lowest BCUT2D eigenvalue weighted by atomic mass is 10.1. The quantitative estimate of drug-likeness (QED) is 0.421. The normalized spacial score (nSPS) is 10.6. The molecule has 0 atom stereocenters. The molecule has 0 heterocycles. The average molecular weight is 453 g/mol. The number of carbonyl (C=O) groups is 2. The molecular weight excluding hydrogens is 426 g/mol. The smallest absolute Gasteiger partial charge is 0.254 e. The van der Waals surface area contributed by atoms with Crippen molar-refractivity contribution in [3.63, 3.8) is 0 Å². The van der Waals surface area contributed by atoms with Gasteiger partial charge in [-0.05, 0) is 35.2 Å². The number of carbonyl (C=O) groups excluding carboxylic acids is 2. The topological polar surface area (TPSA) is 67.4 Å². The lowest BCUT2D eigenvalue weighted by molar-refractivity contribution is -0.121. The van der Waals surface area contributed by atoms with Gasteiger partial charge in [0.1, 0.15) is 11.6 Å². The van der Waals surface area contributed by atoms with Gasteiger partial charge in [0.05, 0.1) is 18.8 Å². The predicted molar refractivity (Wildman–Crippen MR) is 121 cm³/mol. The van der Waals surface area contributed by atoms with E-state index in [0.29, 0.717) is 32.2 Å². The highest BCUT2D eigenvalue weighted by molar-refractivity contribution is 5.94. The minimum Gasteiger partial charge on any atom is -0.372 e. The zero-order valence-corrected chi connectivity index (χ0v) is 18.2. The molecule has 7 heteroatoms. The van der Waals surface area contributed by atoms with E-state index in [9.17, 15) is 18.4 Å². The summed E-state index contributed by atoms with van der Waals surface area (Å²) >= 11 is 0. The first-order valence-corrected chi connectivity index (χ1v) is 10.7. The van der Waals surface area contributed by atoms with Crippen LogP contribution in [0.15, 0.2) is 72.8 Å². The first-order chi connectivity index (χ1) is 16.0. The third-order valence-electron chi connectivity index (χ3n) is 4.90. The van der Waals surface area contributed by atoms with Gasteiger partial charge in [-0.1, -0.05) is 54.6 Å². The summed E-state index contributed by atoms with van der Waals surface area (Å²) < 4.78 is 32.3. The molecule has 0 fully saturated rings. The summed E-state index contributed by atoms with van der Waals surface area (Å²) in [6.45, 7) is 1.60. The molecule has 0 saturated carbocycles. The molecule has 0 bridgehead atoms. The average Bonchev–Trinajstić information content (AvgIpc) is 2.81. The van der Waals surface area contributed by atoms with E-state index in [2.05, 4.69) is 10.6 Å². The molecule has 5 nitrogen and oxygen atoms in total. The van der Waals surface area contributed by atoms with Gasteiger partial charge >= 0.3 is 0 Å². The van der Waals surface area contributed by atoms with E-state index in [1.807, 2.05) is 54.6 Å². The Kier molecular flexibility index (Phi) is 9.08. The van der Waals surface area contributed by atoms with E-state index in [1.165, 1.54) is 0 Å². The Balaban J connectivity index is 1.34. The van der Waals surface area contributed by atoms with Gasteiger partial charge in [0, 0.05) is 25.6 Å². The molecule has 0 aliphatic carbocycles. The minimum atomic E-state index is -0.919. The fourth-order valence-electron chi connectivity index (χ4n) is 3.20. The van der Waals surface area contributed by atoms with Gasteiger partial charge in [-0.15, -0.1) is 0 Å². The highest BCUT2D eigenvalue weighted by Crippen LogP contribution is 2.10. The first kappa shape index (κ1) is 24.1. The van der Waals surface area contributed by atoms with Crippen molar-refractivity contribution in [2.24, 2.45) is 0 Å². The summed E-state index contributed by atoms with van der Waals surface area (Å²) in [5.74, 6) is -2.45. The Morgan fingerprint density at radius 2 is 1.52 bits per heavy atom. The first-order valence-electron chi connectivity index (χ1n) is 10.7. The molecule has 172 valence electrons. The molecule has 2 N–H and O–H groups in total. The third-order valence-corrected chi connectivity index (χ3v) is 4.90. The van der Waals surface area contributed by atoms with Crippen LogP contribution >= 0.6 is 0 Å². The molecule has 3 aromatic rings. The molecule has 2 amide bonds. The van der Waals surface area contributed by atoms with Crippen LogP contribution in [0.25, 0.3) is 0 Å². The summed E-state index contributed by atoms with van der Waals surface area (Å²) in [7, 11) is 0. The summed E-state index contributed by atoms with van der Waals surface area (Å²) in [4.78, 5) is 24.0. The van der Waals surface area contributed by atoms with Gasteiger partial charge in [0.2, 0.25) is 5.91 Å². The molecule has 0 spiro atoms. The third kappa shape index (κ3) is 8.12. The van der Waals surface area contributed by atoms with E-state index in [-0.39, 0.29) is 24.4 Å². The van der Waals surface area contributed by atoms with Crippen LogP contribution in [-0.4, -0.2) is 18.4 Å². The Labute approximate surface area is 191 Å². The highest BCUT2D eigenvalue weighted by Gasteiger charge is 2.12. The molecule has 0 aliphatic heterocycles.